The predicted octanol–water partition coefficient (Wildman–Crippen LogP) is 0.347. The first-order valence-corrected chi connectivity index (χ1v) is 4.42. The zero-order chi connectivity index (χ0) is 8.72. The molecule has 0 aliphatic carbocycles. The van der Waals surface area contributed by atoms with Crippen LogP contribution >= 0.6 is 0 Å². The third kappa shape index (κ3) is 0.982. The molecule has 68 valence electrons. The van der Waals surface area contributed by atoms with Crippen LogP contribution < -0.4 is 5.32 Å². The number of carbonyl (C=O) groups is 1. The average Bonchev–Trinajstić information content (AvgIpc) is 2.20. The predicted molar refractivity (Wildman–Crippen MR) is 44.1 cm³/mol. The Hall–Kier alpha value is -0.770. The van der Waals surface area contributed by atoms with Crippen molar-refractivity contribution in [3.8, 4) is 0 Å². The van der Waals surface area contributed by atoms with Crippen molar-refractivity contribution in [2.24, 2.45) is 5.92 Å². The zero-order valence-corrected chi connectivity index (χ0v) is 7.16. The summed E-state index contributed by atoms with van der Waals surface area (Å²) in [6.07, 6.45) is 0.264. The molecule has 2 fully saturated rings. The Morgan fingerprint density at radius 3 is 2.83 bits per heavy atom. The van der Waals surface area contributed by atoms with Crippen LogP contribution in [-0.4, -0.2) is 41.3 Å². The number of fused-ring (bicyclic) bond motifs is 2. The van der Waals surface area contributed by atoms with E-state index in [1.165, 1.54) is 0 Å². The highest BCUT2D eigenvalue weighted by molar-refractivity contribution is 5.66. The molecule has 0 aromatic rings. The zero-order valence-electron chi connectivity index (χ0n) is 7.16. The van der Waals surface area contributed by atoms with Crippen molar-refractivity contribution >= 4 is 6.09 Å². The van der Waals surface area contributed by atoms with E-state index in [1.54, 1.807) is 4.90 Å². The Balaban J connectivity index is 2.19. The lowest BCUT2D eigenvalue weighted by Crippen LogP contribution is -2.54. The summed E-state index contributed by atoms with van der Waals surface area (Å²) < 4.78 is 0. The smallest absolute Gasteiger partial charge is 0.407 e. The number of nitrogens with zero attached hydrogens (tertiary/aromatic N) is 1. The molecule has 2 saturated heterocycles. The normalized spacial score (nSPS) is 40.1. The molecule has 0 aromatic carbocycles. The summed E-state index contributed by atoms with van der Waals surface area (Å²) in [6.45, 7) is 3.78. The van der Waals surface area contributed by atoms with Gasteiger partial charge in [0.2, 0.25) is 0 Å². The van der Waals surface area contributed by atoms with E-state index in [1.807, 2.05) is 0 Å². The van der Waals surface area contributed by atoms with Crippen LogP contribution in [0.5, 0.6) is 0 Å². The monoisotopic (exact) mass is 170 g/mol. The van der Waals surface area contributed by atoms with Gasteiger partial charge in [-0.3, -0.25) is 4.90 Å². The van der Waals surface area contributed by atoms with Crippen molar-refractivity contribution in [1.82, 2.24) is 10.2 Å². The minimum Gasteiger partial charge on any atom is -0.465 e. The molecule has 0 aromatic heterocycles. The van der Waals surface area contributed by atoms with Crippen LogP contribution in [0, 0.1) is 5.92 Å². The lowest BCUT2D eigenvalue weighted by atomic mass is 10.0. The number of carboxylic acid groups (broad SMARTS) is 1. The SMILES string of the molecule is CC1C[C@@H]2CNC[C@H]1N2C(=O)O. The van der Waals surface area contributed by atoms with E-state index in [-0.39, 0.29) is 12.1 Å². The van der Waals surface area contributed by atoms with Crippen molar-refractivity contribution in [3.05, 3.63) is 0 Å². The number of hydrogen-bond donors (Lipinski definition) is 2. The van der Waals surface area contributed by atoms with Crippen molar-refractivity contribution in [3.63, 3.8) is 0 Å². The minimum atomic E-state index is -0.754. The van der Waals surface area contributed by atoms with Crippen LogP contribution in [0.25, 0.3) is 0 Å². The summed E-state index contributed by atoms with van der Waals surface area (Å²) >= 11 is 0. The summed E-state index contributed by atoms with van der Waals surface area (Å²) in [4.78, 5) is 12.5. The molecule has 2 aliphatic heterocycles. The lowest BCUT2D eigenvalue weighted by Gasteiger charge is -2.33. The second-order valence-electron chi connectivity index (χ2n) is 3.78. The Labute approximate surface area is 71.5 Å². The van der Waals surface area contributed by atoms with Gasteiger partial charge in [0.15, 0.2) is 0 Å². The molecule has 1 amide bonds. The summed E-state index contributed by atoms with van der Waals surface area (Å²) in [7, 11) is 0. The first-order valence-electron chi connectivity index (χ1n) is 4.42. The molecule has 0 spiro atoms. The summed E-state index contributed by atoms with van der Waals surface area (Å²) in [6, 6.07) is 0.428. The minimum absolute atomic E-state index is 0.209. The quantitative estimate of drug-likeness (QED) is 0.551. The van der Waals surface area contributed by atoms with E-state index in [0.717, 1.165) is 19.5 Å². The largest absolute Gasteiger partial charge is 0.465 e. The third-order valence-corrected chi connectivity index (χ3v) is 3.01. The van der Waals surface area contributed by atoms with Gasteiger partial charge in [-0.1, -0.05) is 6.92 Å². The second-order valence-corrected chi connectivity index (χ2v) is 3.78. The topological polar surface area (TPSA) is 52.6 Å². The average molecular weight is 170 g/mol. The van der Waals surface area contributed by atoms with Crippen molar-refractivity contribution in [2.45, 2.75) is 25.4 Å². The number of piperazine rings is 1. The van der Waals surface area contributed by atoms with E-state index in [2.05, 4.69) is 12.2 Å². The Bertz CT molecular complexity index is 207. The van der Waals surface area contributed by atoms with Crippen LogP contribution in [0.15, 0.2) is 0 Å². The maximum absolute atomic E-state index is 10.9. The lowest BCUT2D eigenvalue weighted by molar-refractivity contribution is 0.104. The van der Waals surface area contributed by atoms with Crippen LogP contribution in [0.3, 0.4) is 0 Å². The number of hydrogen-bond acceptors (Lipinski definition) is 2. The standard InChI is InChI=1S/C8H14N2O2/c1-5-2-6-3-9-4-7(5)10(6)8(11)12/h5-7,9H,2-4H2,1H3,(H,11,12)/t5?,6-,7-/m1/s1. The highest BCUT2D eigenvalue weighted by Crippen LogP contribution is 2.31. The van der Waals surface area contributed by atoms with E-state index in [9.17, 15) is 4.79 Å². The fraction of sp³-hybridized carbons (Fsp3) is 0.875. The molecule has 3 atom stereocenters. The Kier molecular flexibility index (Phi) is 1.72. The molecule has 0 saturated carbocycles. The van der Waals surface area contributed by atoms with E-state index < -0.39 is 6.09 Å². The third-order valence-electron chi connectivity index (χ3n) is 3.01. The molecule has 2 rings (SSSR count). The molecule has 2 bridgehead atoms. The van der Waals surface area contributed by atoms with E-state index in [4.69, 9.17) is 5.11 Å². The van der Waals surface area contributed by atoms with Crippen molar-refractivity contribution in [2.75, 3.05) is 13.1 Å². The van der Waals surface area contributed by atoms with E-state index in [0.29, 0.717) is 5.92 Å². The maximum atomic E-state index is 10.9. The van der Waals surface area contributed by atoms with Gasteiger partial charge in [0.05, 0.1) is 6.04 Å². The molecule has 4 nitrogen and oxygen atoms in total. The highest BCUT2D eigenvalue weighted by Gasteiger charge is 2.43. The molecule has 2 aliphatic rings. The van der Waals surface area contributed by atoms with Gasteiger partial charge >= 0.3 is 6.09 Å². The Morgan fingerprint density at radius 2 is 2.33 bits per heavy atom. The summed E-state index contributed by atoms with van der Waals surface area (Å²) in [5.74, 6) is 0.515. The first kappa shape index (κ1) is 7.86. The number of rotatable bonds is 0. The fourth-order valence-corrected chi connectivity index (χ4v) is 2.42. The molecular weight excluding hydrogens is 156 g/mol. The van der Waals surface area contributed by atoms with Crippen LogP contribution in [-0.2, 0) is 0 Å². The number of nitrogens with one attached hydrogen (secondary N) is 1. The molecule has 0 radical (unpaired) electrons. The van der Waals surface area contributed by atoms with Gasteiger partial charge in [0, 0.05) is 19.1 Å². The molecule has 12 heavy (non-hydrogen) atoms. The van der Waals surface area contributed by atoms with Crippen molar-refractivity contribution in [1.29, 1.82) is 0 Å². The Morgan fingerprint density at radius 1 is 1.58 bits per heavy atom. The van der Waals surface area contributed by atoms with Crippen LogP contribution in [0.2, 0.25) is 0 Å². The van der Waals surface area contributed by atoms with E-state index >= 15 is 0 Å². The summed E-state index contributed by atoms with van der Waals surface area (Å²) in [5, 5.41) is 12.2. The van der Waals surface area contributed by atoms with Crippen molar-refractivity contribution < 1.29 is 9.90 Å². The maximum Gasteiger partial charge on any atom is 0.407 e. The van der Waals surface area contributed by atoms with Crippen LogP contribution in [0.1, 0.15) is 13.3 Å². The van der Waals surface area contributed by atoms with Gasteiger partial charge in [-0.2, -0.15) is 0 Å². The first-order chi connectivity index (χ1) is 5.70. The highest BCUT2D eigenvalue weighted by atomic mass is 16.4. The second kappa shape index (κ2) is 2.62. The molecular formula is C8H14N2O2. The molecule has 1 unspecified atom stereocenters. The van der Waals surface area contributed by atoms with Gasteiger partial charge in [-0.15, -0.1) is 0 Å². The van der Waals surface area contributed by atoms with Gasteiger partial charge in [-0.25, -0.2) is 4.79 Å². The van der Waals surface area contributed by atoms with Gasteiger partial charge < -0.3 is 10.4 Å². The molecule has 2 heterocycles. The van der Waals surface area contributed by atoms with Gasteiger partial charge in [-0.05, 0) is 12.3 Å². The number of amides is 1. The molecule has 2 N–H and O–H groups in total. The van der Waals surface area contributed by atoms with Gasteiger partial charge in [0.1, 0.15) is 0 Å². The summed E-state index contributed by atoms with van der Waals surface area (Å²) in [5.41, 5.74) is 0. The fourth-order valence-electron chi connectivity index (χ4n) is 2.42. The molecule has 4 heteroatoms. The van der Waals surface area contributed by atoms with Gasteiger partial charge in [0.25, 0.3) is 0 Å². The van der Waals surface area contributed by atoms with Crippen LogP contribution in [0.4, 0.5) is 4.79 Å².